The van der Waals surface area contributed by atoms with Crippen molar-refractivity contribution < 1.29 is 23.9 Å². The molecule has 3 aliphatic heterocycles. The van der Waals surface area contributed by atoms with E-state index < -0.39 is 17.7 Å². The molecule has 35 heavy (non-hydrogen) atoms. The van der Waals surface area contributed by atoms with Crippen LogP contribution in [-0.2, 0) is 19.1 Å². The molecule has 3 atom stereocenters. The van der Waals surface area contributed by atoms with Gasteiger partial charge in [0.25, 0.3) is 5.91 Å². The average molecular weight is 485 g/mol. The second-order valence-corrected chi connectivity index (χ2v) is 10.4. The van der Waals surface area contributed by atoms with Crippen LogP contribution in [0.4, 0.5) is 5.69 Å². The van der Waals surface area contributed by atoms with Gasteiger partial charge in [0.2, 0.25) is 5.91 Å². The van der Waals surface area contributed by atoms with Gasteiger partial charge >= 0.3 is 0 Å². The van der Waals surface area contributed by atoms with Gasteiger partial charge in [-0.3, -0.25) is 14.4 Å². The third-order valence-corrected chi connectivity index (χ3v) is 8.17. The number of ether oxygens (including phenoxy) is 2. The Morgan fingerprint density at radius 1 is 1.06 bits per heavy atom. The lowest BCUT2D eigenvalue weighted by molar-refractivity contribution is -0.143. The van der Waals surface area contributed by atoms with Crippen LogP contribution in [0.5, 0.6) is 0 Å². The summed E-state index contributed by atoms with van der Waals surface area (Å²) in [5.74, 6) is -0.536. The van der Waals surface area contributed by atoms with E-state index in [9.17, 15) is 14.4 Å². The molecule has 190 valence electrons. The number of nitrogens with zero attached hydrogens (tertiary/aromatic N) is 3. The Kier molecular flexibility index (Phi) is 6.83. The first-order valence-electron chi connectivity index (χ1n) is 12.8. The molecule has 5 rings (SSSR count). The number of nitrogens with one attached hydrogen (secondary N) is 1. The first-order chi connectivity index (χ1) is 16.9. The molecule has 9 heteroatoms. The van der Waals surface area contributed by atoms with Crippen LogP contribution < -0.4 is 10.2 Å². The van der Waals surface area contributed by atoms with Crippen molar-refractivity contribution in [2.45, 2.75) is 55.9 Å². The molecule has 0 unspecified atom stereocenters. The highest BCUT2D eigenvalue weighted by molar-refractivity contribution is 6.01. The summed E-state index contributed by atoms with van der Waals surface area (Å²) in [6.07, 6.45) is 3.10. The highest BCUT2D eigenvalue weighted by Crippen LogP contribution is 2.36. The number of amides is 2. The van der Waals surface area contributed by atoms with E-state index in [1.54, 1.807) is 12.0 Å². The number of hydrogen-bond donors (Lipinski definition) is 1. The SMILES string of the molecule is CO[C@@H]1CN(C(=O)C2(NC(=O)c3ccc(N4CCN(C)CC4)cc3)CCCCC2)[C@@H]2C(=O)CO[C@@H]21. The van der Waals surface area contributed by atoms with E-state index in [1.807, 2.05) is 24.3 Å². The maximum Gasteiger partial charge on any atom is 0.252 e. The molecule has 0 spiro atoms. The van der Waals surface area contributed by atoms with Gasteiger partial charge in [-0.25, -0.2) is 0 Å². The van der Waals surface area contributed by atoms with Crippen molar-refractivity contribution in [1.82, 2.24) is 15.1 Å². The highest BCUT2D eigenvalue weighted by atomic mass is 16.5. The number of likely N-dealkylation sites (N-methyl/N-ethyl adjacent to an activating group) is 1. The quantitative estimate of drug-likeness (QED) is 0.668. The fourth-order valence-corrected chi connectivity index (χ4v) is 6.03. The molecular weight excluding hydrogens is 448 g/mol. The van der Waals surface area contributed by atoms with Crippen molar-refractivity contribution >= 4 is 23.3 Å². The Labute approximate surface area is 206 Å². The number of carbonyl (C=O) groups excluding carboxylic acids is 3. The number of fused-ring (bicyclic) bond motifs is 1. The number of methoxy groups -OCH3 is 1. The first-order valence-corrected chi connectivity index (χ1v) is 12.8. The van der Waals surface area contributed by atoms with Crippen molar-refractivity contribution in [3.8, 4) is 0 Å². The Morgan fingerprint density at radius 3 is 2.40 bits per heavy atom. The summed E-state index contributed by atoms with van der Waals surface area (Å²) < 4.78 is 11.2. The summed E-state index contributed by atoms with van der Waals surface area (Å²) in [5.41, 5.74) is 0.628. The maximum absolute atomic E-state index is 14.0. The van der Waals surface area contributed by atoms with Gasteiger partial charge in [-0.2, -0.15) is 0 Å². The van der Waals surface area contributed by atoms with E-state index in [2.05, 4.69) is 22.2 Å². The molecule has 4 aliphatic rings. The topological polar surface area (TPSA) is 91.4 Å². The smallest absolute Gasteiger partial charge is 0.252 e. The minimum atomic E-state index is -1.01. The summed E-state index contributed by atoms with van der Waals surface area (Å²) >= 11 is 0. The Balaban J connectivity index is 1.33. The number of piperazine rings is 1. The number of likely N-dealkylation sites (tertiary alicyclic amines) is 1. The fourth-order valence-electron chi connectivity index (χ4n) is 6.03. The molecule has 1 aromatic carbocycles. The Morgan fingerprint density at radius 2 is 1.74 bits per heavy atom. The van der Waals surface area contributed by atoms with Crippen molar-refractivity contribution in [2.75, 3.05) is 58.4 Å². The number of benzene rings is 1. The highest BCUT2D eigenvalue weighted by Gasteiger charge is 2.56. The van der Waals surface area contributed by atoms with Crippen molar-refractivity contribution in [3.63, 3.8) is 0 Å². The van der Waals surface area contributed by atoms with Gasteiger partial charge in [0.15, 0.2) is 5.78 Å². The van der Waals surface area contributed by atoms with Crippen LogP contribution in [0.2, 0.25) is 0 Å². The number of ketones is 1. The normalized spacial score (nSPS) is 28.7. The molecule has 2 amide bonds. The summed E-state index contributed by atoms with van der Waals surface area (Å²) in [6, 6.07) is 7.01. The van der Waals surface area contributed by atoms with E-state index in [-0.39, 0.29) is 30.3 Å². The Hall–Kier alpha value is -2.49. The molecule has 9 nitrogen and oxygen atoms in total. The van der Waals surface area contributed by atoms with Gasteiger partial charge < -0.3 is 29.5 Å². The largest absolute Gasteiger partial charge is 0.377 e. The third-order valence-electron chi connectivity index (χ3n) is 8.17. The lowest BCUT2D eigenvalue weighted by Gasteiger charge is -2.40. The fraction of sp³-hybridized carbons (Fsp3) is 0.654. The van der Waals surface area contributed by atoms with Gasteiger partial charge in [-0.05, 0) is 44.2 Å². The monoisotopic (exact) mass is 484 g/mol. The predicted molar refractivity (Wildman–Crippen MR) is 130 cm³/mol. The van der Waals surface area contributed by atoms with Gasteiger partial charge in [-0.15, -0.1) is 0 Å². The van der Waals surface area contributed by atoms with E-state index >= 15 is 0 Å². The molecule has 0 aromatic heterocycles. The number of hydrogen-bond acceptors (Lipinski definition) is 7. The lowest BCUT2D eigenvalue weighted by atomic mass is 9.80. The van der Waals surface area contributed by atoms with Gasteiger partial charge in [-0.1, -0.05) is 19.3 Å². The summed E-state index contributed by atoms with van der Waals surface area (Å²) in [5, 5.41) is 3.11. The lowest BCUT2D eigenvalue weighted by Crippen LogP contribution is -2.62. The number of carbonyl (C=O) groups is 3. The minimum Gasteiger partial charge on any atom is -0.377 e. The zero-order chi connectivity index (χ0) is 24.6. The molecule has 1 aliphatic carbocycles. The number of rotatable bonds is 5. The molecule has 4 fully saturated rings. The number of anilines is 1. The second-order valence-electron chi connectivity index (χ2n) is 10.4. The molecular formula is C26H36N4O5. The van der Waals surface area contributed by atoms with Crippen LogP contribution in [0, 0.1) is 0 Å². The van der Waals surface area contributed by atoms with Crippen LogP contribution in [-0.4, -0.2) is 105 Å². The third kappa shape index (κ3) is 4.57. The van der Waals surface area contributed by atoms with E-state index in [0.29, 0.717) is 24.9 Å². The van der Waals surface area contributed by atoms with Gasteiger partial charge in [0.1, 0.15) is 30.4 Å². The Bertz CT molecular complexity index is 953. The van der Waals surface area contributed by atoms with Crippen LogP contribution in [0.15, 0.2) is 24.3 Å². The van der Waals surface area contributed by atoms with Gasteiger partial charge in [0, 0.05) is 44.5 Å². The molecule has 3 saturated heterocycles. The first kappa shape index (κ1) is 24.2. The van der Waals surface area contributed by atoms with Crippen molar-refractivity contribution in [2.24, 2.45) is 0 Å². The predicted octanol–water partition coefficient (Wildman–Crippen LogP) is 1.06. The van der Waals surface area contributed by atoms with Crippen LogP contribution in [0.3, 0.4) is 0 Å². The second kappa shape index (κ2) is 9.87. The molecule has 1 aromatic rings. The van der Waals surface area contributed by atoms with Crippen molar-refractivity contribution in [1.29, 1.82) is 0 Å². The van der Waals surface area contributed by atoms with Crippen LogP contribution in [0.25, 0.3) is 0 Å². The van der Waals surface area contributed by atoms with E-state index in [0.717, 1.165) is 51.1 Å². The average Bonchev–Trinajstić information content (AvgIpc) is 3.45. The van der Waals surface area contributed by atoms with Crippen LogP contribution >= 0.6 is 0 Å². The standard InChI is InChI=1S/C26H36N4O5/c1-28-12-14-29(15-13-28)19-8-6-18(7-9-19)24(32)27-26(10-4-3-5-11-26)25(33)30-16-21(34-2)23-22(30)20(31)17-35-23/h6-9,21-23H,3-5,10-17H2,1-2H3,(H,27,32)/t21-,22-,23-/m1/s1. The minimum absolute atomic E-state index is 0.00200. The molecule has 0 bridgehead atoms. The molecule has 1 N–H and O–H groups in total. The molecule has 1 saturated carbocycles. The maximum atomic E-state index is 14.0. The van der Waals surface area contributed by atoms with E-state index in [4.69, 9.17) is 9.47 Å². The summed E-state index contributed by atoms with van der Waals surface area (Å²) in [7, 11) is 3.70. The summed E-state index contributed by atoms with van der Waals surface area (Å²) in [6.45, 7) is 4.25. The molecule has 3 heterocycles. The summed E-state index contributed by atoms with van der Waals surface area (Å²) in [4.78, 5) is 46.1. The molecule has 0 radical (unpaired) electrons. The zero-order valence-electron chi connectivity index (χ0n) is 20.7. The van der Waals surface area contributed by atoms with Gasteiger partial charge in [0.05, 0.1) is 6.54 Å². The van der Waals surface area contributed by atoms with E-state index in [1.165, 1.54) is 0 Å². The van der Waals surface area contributed by atoms with Crippen molar-refractivity contribution in [3.05, 3.63) is 29.8 Å². The zero-order valence-corrected chi connectivity index (χ0v) is 20.7. The van der Waals surface area contributed by atoms with Crippen LogP contribution in [0.1, 0.15) is 42.5 Å². The number of Topliss-reactive ketones (excluding diaryl/α,β-unsaturated/α-hetero) is 1.